The largest absolute Gasteiger partial charge is 0.507 e. The molecule has 1 saturated heterocycles. The van der Waals surface area contributed by atoms with Gasteiger partial charge in [0.05, 0.1) is 23.6 Å². The molecule has 0 aliphatic carbocycles. The van der Waals surface area contributed by atoms with Crippen LogP contribution in [-0.4, -0.2) is 65.8 Å². The van der Waals surface area contributed by atoms with Crippen LogP contribution in [0.15, 0.2) is 54.1 Å². The molecule has 0 aromatic heterocycles. The number of non-ortho nitro benzene ring substituents is 1. The summed E-state index contributed by atoms with van der Waals surface area (Å²) in [6.45, 7) is 0.936. The van der Waals surface area contributed by atoms with Crippen LogP contribution in [0.4, 0.5) is 5.69 Å². The van der Waals surface area contributed by atoms with Crippen molar-refractivity contribution in [1.82, 2.24) is 9.80 Å². The molecule has 0 saturated carbocycles. The third-order valence-electron chi connectivity index (χ3n) is 5.28. The lowest BCUT2D eigenvalue weighted by Gasteiger charge is -2.25. The van der Waals surface area contributed by atoms with E-state index in [1.807, 2.05) is 19.0 Å². The normalized spacial score (nSPS) is 17.8. The van der Waals surface area contributed by atoms with Crippen LogP contribution in [0.5, 0.6) is 5.75 Å². The van der Waals surface area contributed by atoms with Crippen LogP contribution in [0.3, 0.4) is 0 Å². The van der Waals surface area contributed by atoms with Gasteiger partial charge in [-0.05, 0) is 44.8 Å². The molecule has 9 heteroatoms. The highest BCUT2D eigenvalue weighted by atomic mass is 16.6. The van der Waals surface area contributed by atoms with Crippen LogP contribution in [0.25, 0.3) is 5.76 Å². The monoisotopic (exact) mass is 439 g/mol. The predicted molar refractivity (Wildman–Crippen MR) is 118 cm³/mol. The Balaban J connectivity index is 2.14. The number of hydrogen-bond acceptors (Lipinski definition) is 7. The maximum absolute atomic E-state index is 13.0. The molecule has 0 unspecified atom stereocenters. The fourth-order valence-corrected chi connectivity index (χ4v) is 3.75. The molecule has 0 bridgehead atoms. The Labute approximate surface area is 185 Å². The molecule has 1 aliphatic heterocycles. The topological polar surface area (TPSA) is 113 Å². The number of ether oxygens (including phenoxy) is 1. The Kier molecular flexibility index (Phi) is 6.89. The van der Waals surface area contributed by atoms with E-state index in [0.717, 1.165) is 0 Å². The van der Waals surface area contributed by atoms with E-state index in [9.17, 15) is 24.8 Å². The van der Waals surface area contributed by atoms with E-state index < -0.39 is 22.7 Å². The van der Waals surface area contributed by atoms with Crippen molar-refractivity contribution in [2.75, 3.05) is 34.3 Å². The Hall–Kier alpha value is -3.72. The van der Waals surface area contributed by atoms with Crippen LogP contribution in [0.1, 0.15) is 23.6 Å². The average Bonchev–Trinajstić information content (AvgIpc) is 3.03. The van der Waals surface area contributed by atoms with Crippen LogP contribution >= 0.6 is 0 Å². The maximum atomic E-state index is 13.0. The van der Waals surface area contributed by atoms with Gasteiger partial charge in [0.15, 0.2) is 0 Å². The third-order valence-corrected chi connectivity index (χ3v) is 5.28. The summed E-state index contributed by atoms with van der Waals surface area (Å²) in [5.41, 5.74) is 0.426. The fraction of sp³-hybridized carbons (Fsp3) is 0.304. The lowest BCUT2D eigenvalue weighted by atomic mass is 9.95. The van der Waals surface area contributed by atoms with Gasteiger partial charge in [0, 0.05) is 24.2 Å². The van der Waals surface area contributed by atoms with Gasteiger partial charge in [-0.25, -0.2) is 0 Å². The number of ketones is 1. The zero-order valence-corrected chi connectivity index (χ0v) is 18.1. The summed E-state index contributed by atoms with van der Waals surface area (Å²) >= 11 is 0. The highest BCUT2D eigenvalue weighted by Crippen LogP contribution is 2.40. The number of Topliss-reactive ketones (excluding diaryl/α,β-unsaturated/α-hetero) is 1. The van der Waals surface area contributed by atoms with Gasteiger partial charge in [-0.15, -0.1) is 0 Å². The summed E-state index contributed by atoms with van der Waals surface area (Å²) in [5.74, 6) is -1.45. The number of benzene rings is 2. The number of carbonyl (C=O) groups excluding carboxylic acids is 2. The quantitative estimate of drug-likeness (QED) is 0.221. The molecular weight excluding hydrogens is 414 g/mol. The van der Waals surface area contributed by atoms with Crippen molar-refractivity contribution in [2.45, 2.75) is 12.5 Å². The highest BCUT2D eigenvalue weighted by molar-refractivity contribution is 6.46. The van der Waals surface area contributed by atoms with Gasteiger partial charge in [0.1, 0.15) is 11.5 Å². The van der Waals surface area contributed by atoms with Gasteiger partial charge in [-0.3, -0.25) is 19.7 Å². The second-order valence-corrected chi connectivity index (χ2v) is 7.73. The van der Waals surface area contributed by atoms with Crippen LogP contribution in [-0.2, 0) is 9.59 Å². The van der Waals surface area contributed by atoms with Gasteiger partial charge >= 0.3 is 0 Å². The van der Waals surface area contributed by atoms with Crippen LogP contribution < -0.4 is 4.74 Å². The summed E-state index contributed by atoms with van der Waals surface area (Å²) in [4.78, 5) is 40.0. The van der Waals surface area contributed by atoms with E-state index in [2.05, 4.69) is 0 Å². The molecule has 1 aliphatic rings. The van der Waals surface area contributed by atoms with Crippen LogP contribution in [0, 0.1) is 10.1 Å². The van der Waals surface area contributed by atoms with Crippen molar-refractivity contribution >= 4 is 23.1 Å². The number of amides is 1. The number of nitro groups is 1. The van der Waals surface area contributed by atoms with E-state index in [1.165, 1.54) is 30.2 Å². The standard InChI is InChI=1S/C23H25N3O6/c1-24(2)11-6-12-25-20(15-7-4-9-17(13-15)26(30)31)19(22(28)23(25)29)21(27)16-8-5-10-18(14-16)32-3/h4-5,7-10,13-14,20,27H,6,11-12H2,1-3H3/t20-/m1/s1. The first-order valence-corrected chi connectivity index (χ1v) is 10.1. The lowest BCUT2D eigenvalue weighted by Crippen LogP contribution is -2.32. The second kappa shape index (κ2) is 9.61. The SMILES string of the molecule is COc1cccc(C(O)=C2C(=O)C(=O)N(CCCN(C)C)[C@@H]2c2cccc([N+](=O)[O-])c2)c1. The molecule has 0 radical (unpaired) electrons. The molecule has 1 amide bonds. The van der Waals surface area contributed by atoms with Crippen molar-refractivity contribution in [2.24, 2.45) is 0 Å². The van der Waals surface area contributed by atoms with Gasteiger partial charge in [-0.1, -0.05) is 24.3 Å². The molecular formula is C23H25N3O6. The molecule has 1 heterocycles. The van der Waals surface area contributed by atoms with E-state index in [1.54, 1.807) is 30.3 Å². The minimum Gasteiger partial charge on any atom is -0.507 e. The molecule has 1 fully saturated rings. The summed E-state index contributed by atoms with van der Waals surface area (Å²) < 4.78 is 5.19. The van der Waals surface area contributed by atoms with Gasteiger partial charge in [0.2, 0.25) is 0 Å². The molecule has 3 rings (SSSR count). The number of carbonyl (C=O) groups is 2. The predicted octanol–water partition coefficient (Wildman–Crippen LogP) is 2.98. The zero-order valence-electron chi connectivity index (χ0n) is 18.1. The molecule has 0 spiro atoms. The molecule has 2 aromatic carbocycles. The van der Waals surface area contributed by atoms with E-state index in [4.69, 9.17) is 4.74 Å². The molecule has 1 atom stereocenters. The van der Waals surface area contributed by atoms with Crippen molar-refractivity contribution in [3.8, 4) is 5.75 Å². The molecule has 1 N–H and O–H groups in total. The van der Waals surface area contributed by atoms with Crippen molar-refractivity contribution in [3.63, 3.8) is 0 Å². The van der Waals surface area contributed by atoms with Gasteiger partial charge in [0.25, 0.3) is 17.4 Å². The minimum atomic E-state index is -0.941. The summed E-state index contributed by atoms with van der Waals surface area (Å²) in [7, 11) is 5.27. The molecule has 2 aromatic rings. The van der Waals surface area contributed by atoms with Crippen LogP contribution in [0.2, 0.25) is 0 Å². The Morgan fingerprint density at radius 1 is 1.19 bits per heavy atom. The molecule has 168 valence electrons. The zero-order chi connectivity index (χ0) is 23.4. The summed E-state index contributed by atoms with van der Waals surface area (Å²) in [6.07, 6.45) is 0.588. The van der Waals surface area contributed by atoms with Gasteiger partial charge < -0.3 is 19.6 Å². The number of aliphatic hydroxyl groups is 1. The van der Waals surface area contributed by atoms with E-state index in [-0.39, 0.29) is 23.6 Å². The maximum Gasteiger partial charge on any atom is 0.295 e. The number of hydrogen-bond donors (Lipinski definition) is 1. The first kappa shape index (κ1) is 23.0. The highest BCUT2D eigenvalue weighted by Gasteiger charge is 2.46. The lowest BCUT2D eigenvalue weighted by molar-refractivity contribution is -0.384. The average molecular weight is 439 g/mol. The van der Waals surface area contributed by atoms with Crippen molar-refractivity contribution in [3.05, 3.63) is 75.3 Å². The smallest absolute Gasteiger partial charge is 0.295 e. The van der Waals surface area contributed by atoms with Crippen molar-refractivity contribution in [1.29, 1.82) is 0 Å². The number of aliphatic hydroxyl groups excluding tert-OH is 1. The summed E-state index contributed by atoms with van der Waals surface area (Å²) in [6, 6.07) is 11.3. The number of likely N-dealkylation sites (tertiary alicyclic amines) is 1. The number of nitrogens with zero attached hydrogens (tertiary/aromatic N) is 3. The Bertz CT molecular complexity index is 1080. The number of nitro benzene ring substituents is 1. The summed E-state index contributed by atoms with van der Waals surface area (Å²) in [5, 5.41) is 22.4. The number of methoxy groups -OCH3 is 1. The molecule has 32 heavy (non-hydrogen) atoms. The number of rotatable bonds is 8. The van der Waals surface area contributed by atoms with Crippen molar-refractivity contribution < 1.29 is 24.4 Å². The minimum absolute atomic E-state index is 0.103. The van der Waals surface area contributed by atoms with Gasteiger partial charge in [-0.2, -0.15) is 0 Å². The van der Waals surface area contributed by atoms with E-state index >= 15 is 0 Å². The molecule has 9 nitrogen and oxygen atoms in total. The Morgan fingerprint density at radius 3 is 2.56 bits per heavy atom. The first-order valence-electron chi connectivity index (χ1n) is 10.1. The fourth-order valence-electron chi connectivity index (χ4n) is 3.75. The van der Waals surface area contributed by atoms with E-state index in [0.29, 0.717) is 29.8 Å². The second-order valence-electron chi connectivity index (χ2n) is 7.73. The Morgan fingerprint density at radius 2 is 1.91 bits per heavy atom. The third kappa shape index (κ3) is 4.62. The first-order chi connectivity index (χ1) is 15.2.